The average Bonchev–Trinajstić information content (AvgIpc) is 3.15. The van der Waals surface area contributed by atoms with E-state index in [1.54, 1.807) is 6.92 Å². The van der Waals surface area contributed by atoms with Crippen LogP contribution in [0.25, 0.3) is 0 Å². The molecule has 6 heteroatoms. The van der Waals surface area contributed by atoms with Crippen LogP contribution in [0.5, 0.6) is 0 Å². The zero-order valence-corrected chi connectivity index (χ0v) is 12.7. The monoisotopic (exact) mass is 297 g/mol. The highest BCUT2D eigenvalue weighted by Crippen LogP contribution is 2.13. The molecule has 0 saturated carbocycles. The number of nitrogens with zero attached hydrogens (tertiary/aromatic N) is 4. The van der Waals surface area contributed by atoms with Crippen molar-refractivity contribution in [2.24, 2.45) is 0 Å². The van der Waals surface area contributed by atoms with E-state index < -0.39 is 0 Å². The third kappa shape index (κ3) is 3.59. The van der Waals surface area contributed by atoms with Gasteiger partial charge in [0.05, 0.1) is 19.3 Å². The Balaban J connectivity index is 1.58. The maximum absolute atomic E-state index is 5.35. The lowest BCUT2D eigenvalue weighted by molar-refractivity contribution is 0.430. The van der Waals surface area contributed by atoms with Crippen LogP contribution < -0.4 is 5.32 Å². The Hall–Kier alpha value is -2.47. The van der Waals surface area contributed by atoms with Crippen LogP contribution in [-0.2, 0) is 13.1 Å². The summed E-state index contributed by atoms with van der Waals surface area (Å²) >= 11 is 0. The molecular formula is C16H19N5O. The smallest absolute Gasteiger partial charge is 0.230 e. The van der Waals surface area contributed by atoms with Gasteiger partial charge in [0, 0.05) is 24.7 Å². The predicted octanol–water partition coefficient (Wildman–Crippen LogP) is 2.47. The molecule has 0 radical (unpaired) electrons. The van der Waals surface area contributed by atoms with Crippen molar-refractivity contribution >= 4 is 0 Å². The highest BCUT2D eigenvalue weighted by atomic mass is 16.4. The fourth-order valence-electron chi connectivity index (χ4n) is 2.23. The Morgan fingerprint density at radius 3 is 2.77 bits per heavy atom. The fourth-order valence-corrected chi connectivity index (χ4v) is 2.23. The molecule has 0 aliphatic rings. The summed E-state index contributed by atoms with van der Waals surface area (Å²) in [5.74, 6) is 1.18. The minimum atomic E-state index is 0.164. The minimum Gasteiger partial charge on any atom is -0.424 e. The van der Waals surface area contributed by atoms with Crippen LogP contribution >= 0.6 is 0 Å². The molecule has 0 saturated heterocycles. The van der Waals surface area contributed by atoms with Crippen molar-refractivity contribution < 1.29 is 4.42 Å². The van der Waals surface area contributed by atoms with Crippen LogP contribution in [0.3, 0.4) is 0 Å². The maximum atomic E-state index is 5.35. The summed E-state index contributed by atoms with van der Waals surface area (Å²) in [6.45, 7) is 5.20. The van der Waals surface area contributed by atoms with E-state index in [1.165, 1.54) is 5.56 Å². The Bertz CT molecular complexity index is 719. The van der Waals surface area contributed by atoms with E-state index >= 15 is 0 Å². The highest BCUT2D eigenvalue weighted by Gasteiger charge is 2.10. The standard InChI is InChI=1S/C16H19N5O/c1-12(17-9-16-20-19-13(2)22-16)15-8-18-21(11-15)10-14-6-4-3-5-7-14/h3-8,11-12,17H,9-10H2,1-2H3. The van der Waals surface area contributed by atoms with Gasteiger partial charge in [-0.05, 0) is 12.5 Å². The zero-order chi connectivity index (χ0) is 15.4. The van der Waals surface area contributed by atoms with E-state index in [1.807, 2.05) is 29.1 Å². The summed E-state index contributed by atoms with van der Waals surface area (Å²) in [4.78, 5) is 0. The molecule has 3 aromatic rings. The van der Waals surface area contributed by atoms with Crippen molar-refractivity contribution in [3.63, 3.8) is 0 Å². The predicted molar refractivity (Wildman–Crippen MR) is 82.1 cm³/mol. The molecule has 6 nitrogen and oxygen atoms in total. The molecule has 0 bridgehead atoms. The van der Waals surface area contributed by atoms with Gasteiger partial charge in [0.15, 0.2) is 0 Å². The number of aromatic nitrogens is 4. The van der Waals surface area contributed by atoms with Gasteiger partial charge in [0.2, 0.25) is 11.8 Å². The number of aryl methyl sites for hydroxylation is 1. The molecule has 2 aromatic heterocycles. The first kappa shape index (κ1) is 14.5. The topological polar surface area (TPSA) is 68.8 Å². The maximum Gasteiger partial charge on any atom is 0.230 e. The number of hydrogen-bond donors (Lipinski definition) is 1. The molecule has 0 amide bonds. The Labute approximate surface area is 129 Å². The Kier molecular flexibility index (Phi) is 4.29. The first-order valence-electron chi connectivity index (χ1n) is 7.29. The van der Waals surface area contributed by atoms with Gasteiger partial charge < -0.3 is 9.73 Å². The average molecular weight is 297 g/mol. The molecule has 1 aromatic carbocycles. The molecule has 0 aliphatic heterocycles. The molecule has 22 heavy (non-hydrogen) atoms. The zero-order valence-electron chi connectivity index (χ0n) is 12.7. The van der Waals surface area contributed by atoms with E-state index in [-0.39, 0.29) is 6.04 Å². The summed E-state index contributed by atoms with van der Waals surface area (Å²) in [5.41, 5.74) is 2.37. The summed E-state index contributed by atoms with van der Waals surface area (Å²) in [6, 6.07) is 10.5. The molecule has 0 aliphatic carbocycles. The van der Waals surface area contributed by atoms with Crippen molar-refractivity contribution in [2.75, 3.05) is 0 Å². The second-order valence-corrected chi connectivity index (χ2v) is 5.27. The van der Waals surface area contributed by atoms with E-state index in [2.05, 4.69) is 45.9 Å². The quantitative estimate of drug-likeness (QED) is 0.757. The second-order valence-electron chi connectivity index (χ2n) is 5.27. The van der Waals surface area contributed by atoms with Crippen LogP contribution in [0.4, 0.5) is 0 Å². The van der Waals surface area contributed by atoms with Crippen LogP contribution in [-0.4, -0.2) is 20.0 Å². The lowest BCUT2D eigenvalue weighted by Crippen LogP contribution is -2.18. The van der Waals surface area contributed by atoms with E-state index in [0.29, 0.717) is 18.3 Å². The van der Waals surface area contributed by atoms with Crippen LogP contribution in [0, 0.1) is 6.92 Å². The summed E-state index contributed by atoms with van der Waals surface area (Å²) in [5, 5.41) is 15.6. The lowest BCUT2D eigenvalue weighted by atomic mass is 10.2. The third-order valence-electron chi connectivity index (χ3n) is 3.47. The van der Waals surface area contributed by atoms with Crippen molar-refractivity contribution in [3.05, 3.63) is 65.6 Å². The summed E-state index contributed by atoms with van der Waals surface area (Å²) < 4.78 is 7.29. The molecule has 0 fully saturated rings. The van der Waals surface area contributed by atoms with Crippen LogP contribution in [0.2, 0.25) is 0 Å². The first-order valence-corrected chi connectivity index (χ1v) is 7.29. The van der Waals surface area contributed by atoms with Crippen molar-refractivity contribution in [1.29, 1.82) is 0 Å². The van der Waals surface area contributed by atoms with Gasteiger partial charge in [-0.1, -0.05) is 30.3 Å². The number of hydrogen-bond acceptors (Lipinski definition) is 5. The lowest BCUT2D eigenvalue weighted by Gasteiger charge is -2.09. The van der Waals surface area contributed by atoms with Gasteiger partial charge >= 0.3 is 0 Å². The molecular weight excluding hydrogens is 278 g/mol. The third-order valence-corrected chi connectivity index (χ3v) is 3.47. The van der Waals surface area contributed by atoms with Crippen molar-refractivity contribution in [1.82, 2.24) is 25.3 Å². The minimum absolute atomic E-state index is 0.164. The van der Waals surface area contributed by atoms with Gasteiger partial charge in [-0.15, -0.1) is 10.2 Å². The van der Waals surface area contributed by atoms with Gasteiger partial charge in [-0.3, -0.25) is 4.68 Å². The van der Waals surface area contributed by atoms with Gasteiger partial charge in [0.25, 0.3) is 0 Å². The largest absolute Gasteiger partial charge is 0.424 e. The first-order chi connectivity index (χ1) is 10.7. The highest BCUT2D eigenvalue weighted by molar-refractivity contribution is 5.16. The summed E-state index contributed by atoms with van der Waals surface area (Å²) in [6.07, 6.45) is 3.95. The molecule has 1 atom stereocenters. The Morgan fingerprint density at radius 1 is 1.23 bits per heavy atom. The molecule has 2 heterocycles. The van der Waals surface area contributed by atoms with Gasteiger partial charge in [0.1, 0.15) is 0 Å². The van der Waals surface area contributed by atoms with E-state index in [0.717, 1.165) is 12.1 Å². The molecule has 114 valence electrons. The number of rotatable bonds is 6. The Morgan fingerprint density at radius 2 is 2.05 bits per heavy atom. The van der Waals surface area contributed by atoms with Gasteiger partial charge in [-0.25, -0.2) is 0 Å². The van der Waals surface area contributed by atoms with Crippen molar-refractivity contribution in [2.45, 2.75) is 33.0 Å². The molecule has 1 unspecified atom stereocenters. The fraction of sp³-hybridized carbons (Fsp3) is 0.312. The molecule has 3 rings (SSSR count). The van der Waals surface area contributed by atoms with Gasteiger partial charge in [-0.2, -0.15) is 5.10 Å². The normalized spacial score (nSPS) is 12.5. The number of nitrogens with one attached hydrogen (secondary N) is 1. The SMILES string of the molecule is Cc1nnc(CNC(C)c2cnn(Cc3ccccc3)c2)o1. The van der Waals surface area contributed by atoms with E-state index in [9.17, 15) is 0 Å². The number of benzene rings is 1. The van der Waals surface area contributed by atoms with Crippen LogP contribution in [0.1, 0.15) is 35.9 Å². The second kappa shape index (κ2) is 6.53. The van der Waals surface area contributed by atoms with Crippen LogP contribution in [0.15, 0.2) is 47.1 Å². The molecule has 0 spiro atoms. The molecule has 1 N–H and O–H groups in total. The van der Waals surface area contributed by atoms with E-state index in [4.69, 9.17) is 4.42 Å². The van der Waals surface area contributed by atoms with Crippen molar-refractivity contribution in [3.8, 4) is 0 Å². The summed E-state index contributed by atoms with van der Waals surface area (Å²) in [7, 11) is 0.